The Balaban J connectivity index is 1.30. The first-order valence-electron chi connectivity index (χ1n) is 11.3. The van der Waals surface area contributed by atoms with Gasteiger partial charge in [0, 0.05) is 31.2 Å². The Hall–Kier alpha value is -2.32. The molecule has 0 unspecified atom stereocenters. The van der Waals surface area contributed by atoms with Crippen molar-refractivity contribution in [1.82, 2.24) is 15.1 Å². The molecule has 0 atom stereocenters. The quantitative estimate of drug-likeness (QED) is 0.756. The number of ether oxygens (including phenoxy) is 1. The molecule has 0 radical (unpaired) electrons. The van der Waals surface area contributed by atoms with Gasteiger partial charge in [-0.15, -0.1) is 10.2 Å². The van der Waals surface area contributed by atoms with Crippen molar-refractivity contribution in [1.29, 1.82) is 0 Å². The van der Waals surface area contributed by atoms with Gasteiger partial charge in [-0.1, -0.05) is 48.8 Å². The second kappa shape index (κ2) is 8.67. The minimum absolute atomic E-state index is 0.0146. The van der Waals surface area contributed by atoms with E-state index in [1.807, 2.05) is 29.2 Å². The highest BCUT2D eigenvalue weighted by molar-refractivity contribution is 7.15. The van der Waals surface area contributed by atoms with Gasteiger partial charge < -0.3 is 15.0 Å². The first-order chi connectivity index (χ1) is 15.1. The molecule has 5 rings (SSSR count). The van der Waals surface area contributed by atoms with Gasteiger partial charge in [0.25, 0.3) is 5.91 Å². The van der Waals surface area contributed by atoms with Crippen LogP contribution in [0.15, 0.2) is 24.3 Å². The number of hydrogen-bond donors (Lipinski definition) is 1. The maximum Gasteiger partial charge on any atom is 0.254 e. The van der Waals surface area contributed by atoms with Crippen molar-refractivity contribution in [3.05, 3.63) is 40.4 Å². The lowest BCUT2D eigenvalue weighted by Gasteiger charge is -2.44. The molecule has 1 saturated heterocycles. The zero-order chi connectivity index (χ0) is 21.3. The Kier molecular flexibility index (Phi) is 5.75. The lowest BCUT2D eigenvalue weighted by Crippen LogP contribution is -2.54. The molecular weight excluding hydrogens is 412 g/mol. The molecule has 0 bridgehead atoms. The van der Waals surface area contributed by atoms with E-state index < -0.39 is 5.54 Å². The van der Waals surface area contributed by atoms with Gasteiger partial charge in [0.15, 0.2) is 0 Å². The Morgan fingerprint density at radius 3 is 2.71 bits per heavy atom. The van der Waals surface area contributed by atoms with Gasteiger partial charge in [-0.2, -0.15) is 0 Å². The molecule has 2 fully saturated rings. The normalized spacial score (nSPS) is 21.2. The number of nitrogens with zero attached hydrogens (tertiary/aromatic N) is 3. The van der Waals surface area contributed by atoms with Crippen LogP contribution in [0.3, 0.4) is 0 Å². The van der Waals surface area contributed by atoms with Crippen LogP contribution in [-0.4, -0.2) is 45.7 Å². The van der Waals surface area contributed by atoms with Gasteiger partial charge in [-0.3, -0.25) is 9.59 Å². The van der Waals surface area contributed by atoms with Crippen molar-refractivity contribution in [3.8, 4) is 0 Å². The summed E-state index contributed by atoms with van der Waals surface area (Å²) in [6.07, 6.45) is 7.64. The zero-order valence-electron chi connectivity index (χ0n) is 17.6. The number of nitrogens with one attached hydrogen (secondary N) is 1. The molecule has 3 heterocycles. The van der Waals surface area contributed by atoms with E-state index in [9.17, 15) is 9.59 Å². The summed E-state index contributed by atoms with van der Waals surface area (Å²) in [5, 5.41) is 13.1. The van der Waals surface area contributed by atoms with Crippen LogP contribution in [-0.2, 0) is 16.1 Å². The summed E-state index contributed by atoms with van der Waals surface area (Å²) in [4.78, 5) is 28.1. The third-order valence-electron chi connectivity index (χ3n) is 6.95. The third kappa shape index (κ3) is 4.11. The van der Waals surface area contributed by atoms with Crippen LogP contribution in [0.25, 0.3) is 0 Å². The van der Waals surface area contributed by atoms with Gasteiger partial charge in [-0.05, 0) is 37.3 Å². The fourth-order valence-electron chi connectivity index (χ4n) is 5.19. The maximum absolute atomic E-state index is 13.2. The molecule has 2 aliphatic heterocycles. The minimum atomic E-state index is -0.532. The number of fused-ring (bicyclic) bond motifs is 1. The van der Waals surface area contributed by atoms with E-state index in [4.69, 9.17) is 4.74 Å². The molecule has 0 spiro atoms. The predicted molar refractivity (Wildman–Crippen MR) is 118 cm³/mol. The van der Waals surface area contributed by atoms with Crippen molar-refractivity contribution in [2.45, 2.75) is 69.4 Å². The lowest BCUT2D eigenvalue weighted by molar-refractivity contribution is -0.120. The SMILES string of the molecule is O=C(CC1(N2Cc3ccccc3C2=O)CCOCC1)Nc1nnc(C2CCCCC2)s1. The summed E-state index contributed by atoms with van der Waals surface area (Å²) < 4.78 is 5.58. The van der Waals surface area contributed by atoms with Crippen LogP contribution in [0.5, 0.6) is 0 Å². The summed E-state index contributed by atoms with van der Waals surface area (Å²) in [6, 6.07) is 7.72. The summed E-state index contributed by atoms with van der Waals surface area (Å²) in [5.41, 5.74) is 1.24. The molecule has 8 heteroatoms. The largest absolute Gasteiger partial charge is 0.381 e. The van der Waals surface area contributed by atoms with E-state index in [1.165, 1.54) is 30.6 Å². The van der Waals surface area contributed by atoms with Gasteiger partial charge in [0.1, 0.15) is 5.01 Å². The molecule has 164 valence electrons. The number of rotatable bonds is 5. The van der Waals surface area contributed by atoms with Crippen molar-refractivity contribution in [2.75, 3.05) is 18.5 Å². The molecule has 2 amide bonds. The molecule has 3 aliphatic rings. The van der Waals surface area contributed by atoms with Crippen molar-refractivity contribution >= 4 is 28.3 Å². The highest BCUT2D eigenvalue weighted by Gasteiger charge is 2.46. The molecule has 1 aromatic carbocycles. The Morgan fingerprint density at radius 1 is 1.16 bits per heavy atom. The number of aromatic nitrogens is 2. The summed E-state index contributed by atoms with van der Waals surface area (Å²) in [7, 11) is 0. The molecule has 31 heavy (non-hydrogen) atoms. The topological polar surface area (TPSA) is 84.4 Å². The Morgan fingerprint density at radius 2 is 1.94 bits per heavy atom. The number of amides is 2. The number of anilines is 1. The molecular formula is C23H28N4O3S. The smallest absolute Gasteiger partial charge is 0.254 e. The van der Waals surface area contributed by atoms with Crippen molar-refractivity contribution < 1.29 is 14.3 Å². The standard InChI is InChI=1S/C23H28N4O3S/c28-19(24-22-26-25-20(31-22)16-6-2-1-3-7-16)14-23(10-12-30-13-11-23)27-15-17-8-4-5-9-18(17)21(27)29/h4-5,8-9,16H,1-3,6-7,10-15H2,(H,24,26,28). The number of hydrogen-bond acceptors (Lipinski definition) is 6. The van der Waals surface area contributed by atoms with E-state index >= 15 is 0 Å². The van der Waals surface area contributed by atoms with E-state index in [1.54, 1.807) is 0 Å². The third-order valence-corrected chi connectivity index (χ3v) is 7.95. The molecule has 2 aromatic rings. The highest BCUT2D eigenvalue weighted by Crippen LogP contribution is 2.39. The molecule has 1 N–H and O–H groups in total. The fourth-order valence-corrected chi connectivity index (χ4v) is 6.12. The van der Waals surface area contributed by atoms with Gasteiger partial charge in [-0.25, -0.2) is 0 Å². The Bertz CT molecular complexity index is 963. The van der Waals surface area contributed by atoms with Crippen LogP contribution in [0.1, 0.15) is 78.2 Å². The average Bonchev–Trinajstić information content (AvgIpc) is 3.40. The summed E-state index contributed by atoms with van der Waals surface area (Å²) >= 11 is 1.49. The van der Waals surface area contributed by atoms with Crippen molar-refractivity contribution in [3.63, 3.8) is 0 Å². The van der Waals surface area contributed by atoms with Crippen molar-refractivity contribution in [2.24, 2.45) is 0 Å². The lowest BCUT2D eigenvalue weighted by atomic mass is 9.84. The van der Waals surface area contributed by atoms with E-state index in [-0.39, 0.29) is 18.2 Å². The zero-order valence-corrected chi connectivity index (χ0v) is 18.5. The average molecular weight is 441 g/mol. The number of carbonyl (C=O) groups is 2. The first kappa shape index (κ1) is 20.6. The van der Waals surface area contributed by atoms with Gasteiger partial charge >= 0.3 is 0 Å². The molecule has 1 saturated carbocycles. The van der Waals surface area contributed by atoms with E-state index in [2.05, 4.69) is 15.5 Å². The first-order valence-corrected chi connectivity index (χ1v) is 12.1. The fraction of sp³-hybridized carbons (Fsp3) is 0.565. The van der Waals surface area contributed by atoms with Crippen LogP contribution in [0, 0.1) is 0 Å². The van der Waals surface area contributed by atoms with Gasteiger partial charge in [0.2, 0.25) is 11.0 Å². The number of carbonyl (C=O) groups excluding carboxylic acids is 2. The highest BCUT2D eigenvalue weighted by atomic mass is 32.1. The van der Waals surface area contributed by atoms with Crippen LogP contribution in [0.4, 0.5) is 5.13 Å². The summed E-state index contributed by atoms with van der Waals surface area (Å²) in [5.74, 6) is 0.372. The van der Waals surface area contributed by atoms with Crippen LogP contribution < -0.4 is 5.32 Å². The van der Waals surface area contributed by atoms with Crippen LogP contribution >= 0.6 is 11.3 Å². The van der Waals surface area contributed by atoms with E-state index in [0.29, 0.717) is 43.6 Å². The summed E-state index contributed by atoms with van der Waals surface area (Å²) in [6.45, 7) is 1.66. The maximum atomic E-state index is 13.2. The van der Waals surface area contributed by atoms with Gasteiger partial charge in [0.05, 0.1) is 12.0 Å². The molecule has 1 aromatic heterocycles. The second-order valence-corrected chi connectivity index (χ2v) is 9.90. The predicted octanol–water partition coefficient (Wildman–Crippen LogP) is 4.12. The minimum Gasteiger partial charge on any atom is -0.381 e. The number of benzene rings is 1. The second-order valence-electron chi connectivity index (χ2n) is 8.89. The van der Waals surface area contributed by atoms with E-state index in [0.717, 1.165) is 29.0 Å². The molecule has 7 nitrogen and oxygen atoms in total. The van der Waals surface area contributed by atoms with Crippen LogP contribution in [0.2, 0.25) is 0 Å². The molecule has 1 aliphatic carbocycles. The monoisotopic (exact) mass is 440 g/mol. The Labute approximate surface area is 186 Å².